The molecule has 1 aliphatic heterocycles. The number of urea groups is 1. The molecule has 6 rings (SSSR count). The molecule has 14 nitrogen and oxygen atoms in total. The molecule has 1 saturated heterocycles. The molecular formula is C24H28N10O4S. The first-order valence-corrected chi connectivity index (χ1v) is 14.3. The maximum atomic E-state index is 12.6. The summed E-state index contributed by atoms with van der Waals surface area (Å²) in [6, 6.07) is 2.92. The fourth-order valence-electron chi connectivity index (χ4n) is 4.46. The minimum Gasteiger partial charge on any atom is -0.394 e. The van der Waals surface area contributed by atoms with Crippen molar-refractivity contribution in [3.05, 3.63) is 36.9 Å². The van der Waals surface area contributed by atoms with Crippen molar-refractivity contribution in [3.8, 4) is 11.4 Å². The molecule has 2 atom stereocenters. The molecule has 15 heteroatoms. The van der Waals surface area contributed by atoms with E-state index in [-0.39, 0.29) is 30.0 Å². The molecule has 39 heavy (non-hydrogen) atoms. The Labute approximate surface area is 224 Å². The summed E-state index contributed by atoms with van der Waals surface area (Å²) in [5.74, 6) is 1.78. The molecule has 2 unspecified atom stereocenters. The van der Waals surface area contributed by atoms with Crippen molar-refractivity contribution in [1.29, 1.82) is 0 Å². The number of aliphatic hydroxyl groups is 1. The Morgan fingerprint density at radius 2 is 2.05 bits per heavy atom. The van der Waals surface area contributed by atoms with E-state index in [1.165, 1.54) is 17.3 Å². The molecule has 2 fully saturated rings. The normalized spacial score (nSPS) is 18.5. The molecule has 0 radical (unpaired) electrons. The van der Waals surface area contributed by atoms with Gasteiger partial charge in [0.05, 0.1) is 53.3 Å². The largest absolute Gasteiger partial charge is 0.394 e. The highest BCUT2D eigenvalue weighted by Crippen LogP contribution is 2.33. The van der Waals surface area contributed by atoms with Crippen molar-refractivity contribution in [2.45, 2.75) is 50.4 Å². The SMILES string of the molecule is CCC(C)n1nc(N2CC(CO)NC2=O)c2cnc(Nc3ccnc(-c4cnn(S(=O)(=O)C5CC5)c4)n3)cc21. The molecular weight excluding hydrogens is 524 g/mol. The highest BCUT2D eigenvalue weighted by molar-refractivity contribution is 7.90. The summed E-state index contributed by atoms with van der Waals surface area (Å²) in [4.78, 5) is 27.4. The van der Waals surface area contributed by atoms with E-state index in [0.29, 0.717) is 53.6 Å². The lowest BCUT2D eigenvalue weighted by Gasteiger charge is -2.12. The Morgan fingerprint density at radius 1 is 1.23 bits per heavy atom. The minimum atomic E-state index is -3.48. The second-order valence-electron chi connectivity index (χ2n) is 9.79. The monoisotopic (exact) mass is 552 g/mol. The van der Waals surface area contributed by atoms with Crippen LogP contribution in [-0.4, -0.2) is 77.9 Å². The van der Waals surface area contributed by atoms with Crippen LogP contribution >= 0.6 is 0 Å². The van der Waals surface area contributed by atoms with Gasteiger partial charge in [-0.3, -0.25) is 9.58 Å². The number of aromatic nitrogens is 7. The van der Waals surface area contributed by atoms with Crippen LogP contribution in [0.2, 0.25) is 0 Å². The smallest absolute Gasteiger partial charge is 0.323 e. The van der Waals surface area contributed by atoms with Crippen LogP contribution in [0.15, 0.2) is 36.9 Å². The number of amides is 2. The Hall–Kier alpha value is -4.11. The number of aliphatic hydroxyl groups excluding tert-OH is 1. The fraction of sp³-hybridized carbons (Fsp3) is 0.417. The Kier molecular flexibility index (Phi) is 6.18. The third kappa shape index (κ3) is 4.57. The van der Waals surface area contributed by atoms with Gasteiger partial charge in [-0.15, -0.1) is 0 Å². The molecule has 4 aromatic rings. The standard InChI is InChI=1S/C24H28N10O4S/c1-3-14(2)34-19-8-21(26-10-18(19)23(31-34)32-12-16(13-35)28-24(32)36)29-20-6-7-25-22(30-20)15-9-27-33(11-15)39(37,38)17-4-5-17/h6-11,14,16-17,35H,3-5,12-13H2,1-2H3,(H,28,36)(H,25,26,29,30). The highest BCUT2D eigenvalue weighted by Gasteiger charge is 2.38. The van der Waals surface area contributed by atoms with Crippen LogP contribution in [0.4, 0.5) is 22.2 Å². The number of carbonyl (C=O) groups excluding carboxylic acids is 1. The quantitative estimate of drug-likeness (QED) is 0.279. The second-order valence-corrected chi connectivity index (χ2v) is 11.9. The summed E-state index contributed by atoms with van der Waals surface area (Å²) in [5, 5.41) is 24.5. The van der Waals surface area contributed by atoms with Gasteiger partial charge in [-0.05, 0) is 32.3 Å². The van der Waals surface area contributed by atoms with Crippen LogP contribution in [0, 0.1) is 0 Å². The lowest BCUT2D eigenvalue weighted by molar-refractivity contribution is 0.239. The number of anilines is 3. The van der Waals surface area contributed by atoms with E-state index in [1.54, 1.807) is 18.5 Å². The predicted octanol–water partition coefficient (Wildman–Crippen LogP) is 2.03. The van der Waals surface area contributed by atoms with Crippen LogP contribution in [0.1, 0.15) is 39.2 Å². The van der Waals surface area contributed by atoms with Crippen LogP contribution in [-0.2, 0) is 10.0 Å². The van der Waals surface area contributed by atoms with Gasteiger partial charge in [0.2, 0.25) is 0 Å². The van der Waals surface area contributed by atoms with Gasteiger partial charge >= 0.3 is 6.03 Å². The minimum absolute atomic E-state index is 0.0601. The van der Waals surface area contributed by atoms with E-state index < -0.39 is 10.0 Å². The average molecular weight is 553 g/mol. The lowest BCUT2D eigenvalue weighted by atomic mass is 10.2. The number of rotatable bonds is 9. The van der Waals surface area contributed by atoms with Gasteiger partial charge in [-0.2, -0.15) is 14.3 Å². The Bertz CT molecular complexity index is 1660. The van der Waals surface area contributed by atoms with Crippen molar-refractivity contribution >= 4 is 44.4 Å². The van der Waals surface area contributed by atoms with Crippen LogP contribution in [0.25, 0.3) is 22.3 Å². The van der Waals surface area contributed by atoms with Gasteiger partial charge in [0.25, 0.3) is 10.0 Å². The Balaban J connectivity index is 1.30. The zero-order chi connectivity index (χ0) is 27.3. The van der Waals surface area contributed by atoms with Gasteiger partial charge in [0.15, 0.2) is 11.6 Å². The van der Waals surface area contributed by atoms with E-state index >= 15 is 0 Å². The molecule has 5 heterocycles. The first-order valence-electron chi connectivity index (χ1n) is 12.7. The van der Waals surface area contributed by atoms with Crippen LogP contribution < -0.4 is 15.5 Å². The van der Waals surface area contributed by atoms with E-state index in [0.717, 1.165) is 16.0 Å². The zero-order valence-corrected chi connectivity index (χ0v) is 22.2. The third-order valence-electron chi connectivity index (χ3n) is 6.97. The van der Waals surface area contributed by atoms with Gasteiger partial charge in [0, 0.05) is 24.5 Å². The van der Waals surface area contributed by atoms with Crippen molar-refractivity contribution in [2.24, 2.45) is 0 Å². The van der Waals surface area contributed by atoms with Gasteiger partial charge in [-0.1, -0.05) is 6.92 Å². The summed E-state index contributed by atoms with van der Waals surface area (Å²) in [6.45, 7) is 4.26. The van der Waals surface area contributed by atoms with E-state index in [2.05, 4.69) is 37.6 Å². The number of carbonyl (C=O) groups is 1. The fourth-order valence-corrected chi connectivity index (χ4v) is 5.93. The molecule has 1 saturated carbocycles. The number of pyridine rings is 1. The molecule has 0 spiro atoms. The summed E-state index contributed by atoms with van der Waals surface area (Å²) in [7, 11) is -3.48. The Morgan fingerprint density at radius 3 is 2.77 bits per heavy atom. The van der Waals surface area contributed by atoms with E-state index in [4.69, 9.17) is 5.10 Å². The van der Waals surface area contributed by atoms with Crippen molar-refractivity contribution < 1.29 is 18.3 Å². The number of hydrogen-bond acceptors (Lipinski definition) is 10. The summed E-state index contributed by atoms with van der Waals surface area (Å²) < 4.78 is 27.8. The molecule has 0 bridgehead atoms. The molecule has 1 aliphatic carbocycles. The van der Waals surface area contributed by atoms with Gasteiger partial charge in [0.1, 0.15) is 11.6 Å². The maximum Gasteiger partial charge on any atom is 0.323 e. The first-order chi connectivity index (χ1) is 18.8. The van der Waals surface area contributed by atoms with Crippen LogP contribution in [0.5, 0.6) is 0 Å². The summed E-state index contributed by atoms with van der Waals surface area (Å²) in [5.41, 5.74) is 1.27. The topological polar surface area (TPSA) is 173 Å². The van der Waals surface area contributed by atoms with Crippen molar-refractivity contribution in [3.63, 3.8) is 0 Å². The maximum absolute atomic E-state index is 12.6. The first kappa shape index (κ1) is 25.2. The van der Waals surface area contributed by atoms with E-state index in [1.807, 2.05) is 17.7 Å². The van der Waals surface area contributed by atoms with Gasteiger partial charge in [-0.25, -0.2) is 28.2 Å². The molecule has 0 aromatic carbocycles. The van der Waals surface area contributed by atoms with Crippen molar-refractivity contribution in [1.82, 2.24) is 39.2 Å². The van der Waals surface area contributed by atoms with Crippen LogP contribution in [0.3, 0.4) is 0 Å². The molecule has 2 amide bonds. The zero-order valence-electron chi connectivity index (χ0n) is 21.4. The molecule has 2 aliphatic rings. The number of nitrogens with zero attached hydrogens (tertiary/aromatic N) is 8. The van der Waals surface area contributed by atoms with Gasteiger partial charge < -0.3 is 15.7 Å². The van der Waals surface area contributed by atoms with Crippen molar-refractivity contribution in [2.75, 3.05) is 23.4 Å². The third-order valence-corrected chi connectivity index (χ3v) is 9.00. The second kappa shape index (κ2) is 9.57. The molecule has 4 aromatic heterocycles. The molecule has 3 N–H and O–H groups in total. The predicted molar refractivity (Wildman–Crippen MR) is 143 cm³/mol. The number of fused-ring (bicyclic) bond motifs is 1. The number of hydrogen-bond donors (Lipinski definition) is 3. The summed E-state index contributed by atoms with van der Waals surface area (Å²) >= 11 is 0. The highest BCUT2D eigenvalue weighted by atomic mass is 32.2. The van der Waals surface area contributed by atoms with E-state index in [9.17, 15) is 18.3 Å². The lowest BCUT2D eigenvalue weighted by Crippen LogP contribution is -2.30. The molecule has 204 valence electrons. The number of nitrogens with one attached hydrogen (secondary N) is 2. The summed E-state index contributed by atoms with van der Waals surface area (Å²) in [6.07, 6.45) is 8.22. The average Bonchev–Trinajstić information content (AvgIpc) is 3.40.